The Hall–Kier alpha value is -1.55. The summed E-state index contributed by atoms with van der Waals surface area (Å²) in [6.45, 7) is 9.77. The number of anilines is 1. The van der Waals surface area contributed by atoms with Crippen LogP contribution in [-0.4, -0.2) is 32.0 Å². The Morgan fingerprint density at radius 2 is 2.04 bits per heavy atom. The Morgan fingerprint density at radius 1 is 1.26 bits per heavy atom. The maximum Gasteiger partial charge on any atom is 0.316 e. The van der Waals surface area contributed by atoms with E-state index >= 15 is 0 Å². The molecule has 3 aliphatic rings. The fourth-order valence-electron chi connectivity index (χ4n) is 5.39. The zero-order valence-corrected chi connectivity index (χ0v) is 17.3. The average molecular weight is 372 g/mol. The number of hydrogen-bond acceptors (Lipinski definition) is 4. The molecule has 0 amide bonds. The lowest BCUT2D eigenvalue weighted by Gasteiger charge is -2.40. The van der Waals surface area contributed by atoms with Gasteiger partial charge in [0.25, 0.3) is 0 Å². The minimum absolute atomic E-state index is 0.0720. The molecule has 1 aliphatic carbocycles. The molecule has 0 bridgehead atoms. The molecule has 4 heteroatoms. The molecule has 4 nitrogen and oxygen atoms in total. The summed E-state index contributed by atoms with van der Waals surface area (Å²) in [6, 6.07) is 6.36. The number of cyclic esters (lactones) is 1. The van der Waals surface area contributed by atoms with Crippen molar-refractivity contribution in [2.45, 2.75) is 65.3 Å². The summed E-state index contributed by atoms with van der Waals surface area (Å²) in [5.41, 5.74) is 3.46. The first-order chi connectivity index (χ1) is 12.8. The third kappa shape index (κ3) is 3.37. The highest BCUT2D eigenvalue weighted by atomic mass is 16.7. The quantitative estimate of drug-likeness (QED) is 0.733. The van der Waals surface area contributed by atoms with Crippen molar-refractivity contribution in [3.05, 3.63) is 29.3 Å². The molecule has 2 fully saturated rings. The van der Waals surface area contributed by atoms with E-state index in [9.17, 15) is 4.79 Å². The minimum Gasteiger partial charge on any atom is -0.435 e. The van der Waals surface area contributed by atoms with Crippen LogP contribution >= 0.6 is 0 Å². The van der Waals surface area contributed by atoms with E-state index in [4.69, 9.17) is 9.47 Å². The number of hydrogen-bond donors (Lipinski definition) is 0. The Bertz CT molecular complexity index is 716. The monoisotopic (exact) mass is 371 g/mol. The van der Waals surface area contributed by atoms with Crippen LogP contribution in [0.3, 0.4) is 0 Å². The first kappa shape index (κ1) is 18.8. The lowest BCUT2D eigenvalue weighted by Crippen LogP contribution is -2.43. The highest BCUT2D eigenvalue weighted by Crippen LogP contribution is 2.47. The van der Waals surface area contributed by atoms with E-state index < -0.39 is 6.29 Å². The molecule has 148 valence electrons. The van der Waals surface area contributed by atoms with Gasteiger partial charge in [0.15, 0.2) is 0 Å². The summed E-state index contributed by atoms with van der Waals surface area (Å²) in [4.78, 5) is 15.0. The van der Waals surface area contributed by atoms with Gasteiger partial charge in [-0.3, -0.25) is 4.79 Å². The topological polar surface area (TPSA) is 38.8 Å². The molecule has 1 aromatic carbocycles. The summed E-state index contributed by atoms with van der Waals surface area (Å²) in [6.07, 6.45) is 3.32. The fraction of sp³-hybridized carbons (Fsp3) is 0.696. The summed E-state index contributed by atoms with van der Waals surface area (Å²) >= 11 is 0. The van der Waals surface area contributed by atoms with Crippen LogP contribution in [-0.2, 0) is 14.3 Å². The van der Waals surface area contributed by atoms with E-state index in [0.717, 1.165) is 24.2 Å². The van der Waals surface area contributed by atoms with E-state index in [1.54, 1.807) is 0 Å². The second-order valence-corrected chi connectivity index (χ2v) is 9.39. The van der Waals surface area contributed by atoms with Crippen molar-refractivity contribution in [1.29, 1.82) is 0 Å². The fourth-order valence-corrected chi connectivity index (χ4v) is 5.39. The standard InChI is InChI=1S/C23H33NO3/c1-13(2)16-8-6-15(4)11-20(16)26-23-18-12-24(5)19-10-14(3)7-9-17(19)21(18)22(25)27-23/h7,9-10,13,15-16,18,20-21,23H,6,8,11-12H2,1-5H3/t15-,16+,18+,20-,21-,23-/m1/s1. The van der Waals surface area contributed by atoms with E-state index in [2.05, 4.69) is 57.8 Å². The first-order valence-electron chi connectivity index (χ1n) is 10.5. The predicted molar refractivity (Wildman–Crippen MR) is 107 cm³/mol. The van der Waals surface area contributed by atoms with Crippen molar-refractivity contribution >= 4 is 11.7 Å². The number of fused-ring (bicyclic) bond motifs is 3. The average Bonchev–Trinajstić information content (AvgIpc) is 2.90. The molecule has 0 aromatic heterocycles. The number of rotatable bonds is 3. The molecule has 6 atom stereocenters. The molecule has 0 unspecified atom stereocenters. The van der Waals surface area contributed by atoms with Crippen molar-refractivity contribution in [2.75, 3.05) is 18.5 Å². The van der Waals surface area contributed by atoms with Crippen molar-refractivity contribution in [2.24, 2.45) is 23.7 Å². The molecule has 0 N–H and O–H groups in total. The number of esters is 1. The van der Waals surface area contributed by atoms with Gasteiger partial charge in [0.05, 0.1) is 17.9 Å². The lowest BCUT2D eigenvalue weighted by molar-refractivity contribution is -0.195. The van der Waals surface area contributed by atoms with Gasteiger partial charge in [0.1, 0.15) is 0 Å². The first-order valence-corrected chi connectivity index (χ1v) is 10.5. The summed E-state index contributed by atoms with van der Waals surface area (Å²) in [5.74, 6) is 1.58. The third-order valence-corrected chi connectivity index (χ3v) is 6.95. The lowest BCUT2D eigenvalue weighted by atomic mass is 9.75. The largest absolute Gasteiger partial charge is 0.435 e. The van der Waals surface area contributed by atoms with Gasteiger partial charge in [-0.1, -0.05) is 39.3 Å². The number of carbonyl (C=O) groups is 1. The molecule has 2 aliphatic heterocycles. The van der Waals surface area contributed by atoms with Crippen LogP contribution in [0.25, 0.3) is 0 Å². The summed E-state index contributed by atoms with van der Waals surface area (Å²) in [7, 11) is 2.11. The molecule has 0 spiro atoms. The third-order valence-electron chi connectivity index (χ3n) is 6.95. The molecular weight excluding hydrogens is 338 g/mol. The second kappa shape index (κ2) is 7.12. The van der Waals surface area contributed by atoms with E-state index in [-0.39, 0.29) is 23.9 Å². The predicted octanol–water partition coefficient (Wildman–Crippen LogP) is 4.50. The maximum atomic E-state index is 12.8. The van der Waals surface area contributed by atoms with Gasteiger partial charge in [0.2, 0.25) is 6.29 Å². The molecule has 0 radical (unpaired) electrons. The van der Waals surface area contributed by atoms with Gasteiger partial charge in [-0.2, -0.15) is 0 Å². The number of benzene rings is 1. The minimum atomic E-state index is -0.420. The van der Waals surface area contributed by atoms with Crippen LogP contribution in [0.15, 0.2) is 18.2 Å². The Morgan fingerprint density at radius 3 is 2.78 bits per heavy atom. The van der Waals surface area contributed by atoms with Gasteiger partial charge in [-0.15, -0.1) is 0 Å². The maximum absolute atomic E-state index is 12.8. The number of nitrogens with zero attached hydrogens (tertiary/aromatic N) is 1. The van der Waals surface area contributed by atoms with Gasteiger partial charge in [-0.05, 0) is 54.7 Å². The van der Waals surface area contributed by atoms with Crippen molar-refractivity contribution in [3.63, 3.8) is 0 Å². The zero-order chi connectivity index (χ0) is 19.3. The van der Waals surface area contributed by atoms with Crippen LogP contribution < -0.4 is 4.90 Å². The summed E-state index contributed by atoms with van der Waals surface area (Å²) in [5, 5.41) is 0. The smallest absolute Gasteiger partial charge is 0.316 e. The molecule has 1 saturated carbocycles. The van der Waals surface area contributed by atoms with Gasteiger partial charge in [0, 0.05) is 19.3 Å². The normalized spacial score (nSPS) is 35.8. The zero-order valence-electron chi connectivity index (χ0n) is 17.3. The second-order valence-electron chi connectivity index (χ2n) is 9.39. The van der Waals surface area contributed by atoms with E-state index in [0.29, 0.717) is 17.8 Å². The van der Waals surface area contributed by atoms with Crippen molar-refractivity contribution < 1.29 is 14.3 Å². The number of aryl methyl sites for hydroxylation is 1. The molecular formula is C23H33NO3. The van der Waals surface area contributed by atoms with E-state index in [1.165, 1.54) is 18.4 Å². The Balaban J connectivity index is 1.58. The van der Waals surface area contributed by atoms with E-state index in [1.807, 2.05) is 0 Å². The van der Waals surface area contributed by atoms with Gasteiger partial charge >= 0.3 is 5.97 Å². The molecule has 2 heterocycles. The highest BCUT2D eigenvalue weighted by molar-refractivity contribution is 5.84. The SMILES string of the molecule is Cc1ccc2c(c1)N(C)C[C@@H]1[C@H](O[C@@H]3C[C@H](C)CC[C@H]3C(C)C)OC(=O)[C@H]21. The molecule has 27 heavy (non-hydrogen) atoms. The van der Waals surface area contributed by atoms with Crippen molar-refractivity contribution in [3.8, 4) is 0 Å². The summed E-state index contributed by atoms with van der Waals surface area (Å²) < 4.78 is 12.4. The van der Waals surface area contributed by atoms with Crippen LogP contribution in [0.2, 0.25) is 0 Å². The van der Waals surface area contributed by atoms with Crippen LogP contribution in [0.5, 0.6) is 0 Å². The molecule has 4 rings (SSSR count). The Kier molecular flexibility index (Phi) is 4.96. The van der Waals surface area contributed by atoms with Crippen LogP contribution in [0.1, 0.15) is 57.1 Å². The molecule has 1 aromatic rings. The molecule has 1 saturated heterocycles. The van der Waals surface area contributed by atoms with Gasteiger partial charge < -0.3 is 14.4 Å². The van der Waals surface area contributed by atoms with Gasteiger partial charge in [-0.25, -0.2) is 0 Å². The highest BCUT2D eigenvalue weighted by Gasteiger charge is 2.51. The van der Waals surface area contributed by atoms with Crippen molar-refractivity contribution in [1.82, 2.24) is 0 Å². The van der Waals surface area contributed by atoms with Crippen LogP contribution in [0.4, 0.5) is 5.69 Å². The van der Waals surface area contributed by atoms with Crippen LogP contribution in [0, 0.1) is 30.6 Å². The number of carbonyl (C=O) groups excluding carboxylic acids is 1. The number of ether oxygens (including phenoxy) is 2. The Labute approximate surface area is 163 Å².